The molecule has 0 spiro atoms. The molecule has 0 unspecified atom stereocenters. The highest BCUT2D eigenvalue weighted by atomic mass is 32.1. The first-order valence-electron chi connectivity index (χ1n) is 6.46. The van der Waals surface area contributed by atoms with Gasteiger partial charge in [-0.2, -0.15) is 11.3 Å². The van der Waals surface area contributed by atoms with Crippen molar-refractivity contribution in [3.05, 3.63) is 52.8 Å². The van der Waals surface area contributed by atoms with Crippen molar-refractivity contribution in [1.29, 1.82) is 0 Å². The minimum absolute atomic E-state index is 0.186. The Bertz CT molecular complexity index is 682. The van der Waals surface area contributed by atoms with E-state index in [0.717, 1.165) is 35.0 Å². The molecule has 3 heteroatoms. The highest BCUT2D eigenvalue weighted by Gasteiger charge is 2.13. The van der Waals surface area contributed by atoms with Crippen molar-refractivity contribution in [3.63, 3.8) is 0 Å². The highest BCUT2D eigenvalue weighted by molar-refractivity contribution is 7.08. The number of fused-ring (bicyclic) bond motifs is 1. The van der Waals surface area contributed by atoms with Gasteiger partial charge in [0.25, 0.3) is 0 Å². The largest absolute Gasteiger partial charge is 0.354 e. The highest BCUT2D eigenvalue weighted by Crippen LogP contribution is 2.33. The van der Waals surface area contributed by atoms with Crippen molar-refractivity contribution in [3.8, 4) is 11.3 Å². The Morgan fingerprint density at radius 1 is 1.32 bits per heavy atom. The summed E-state index contributed by atoms with van der Waals surface area (Å²) in [7, 11) is 0. The molecule has 3 aromatic rings. The van der Waals surface area contributed by atoms with Crippen LogP contribution in [0.15, 0.2) is 35.0 Å². The standard InChI is InChI=1S/C16H15FNS/c1-2-3-4-13-14-9-12(17)5-6-15(14)18-16(13)11-7-8-19-10-11/h4-10,18H,2-3H2,1H3. The minimum Gasteiger partial charge on any atom is -0.354 e. The number of nitrogens with one attached hydrogen (secondary N) is 1. The van der Waals surface area contributed by atoms with Gasteiger partial charge in [0.15, 0.2) is 0 Å². The van der Waals surface area contributed by atoms with Crippen molar-refractivity contribution in [2.75, 3.05) is 0 Å². The molecule has 0 saturated heterocycles. The lowest BCUT2D eigenvalue weighted by Gasteiger charge is -2.02. The lowest BCUT2D eigenvalue weighted by atomic mass is 10.0. The van der Waals surface area contributed by atoms with Crippen LogP contribution in [-0.4, -0.2) is 4.98 Å². The number of hydrogen-bond donors (Lipinski definition) is 1. The van der Waals surface area contributed by atoms with Crippen LogP contribution in [0, 0.1) is 12.2 Å². The average molecular weight is 272 g/mol. The Kier molecular flexibility index (Phi) is 3.38. The third-order valence-electron chi connectivity index (χ3n) is 3.25. The van der Waals surface area contributed by atoms with Gasteiger partial charge in [0.1, 0.15) is 5.82 Å². The maximum Gasteiger partial charge on any atom is 0.123 e. The van der Waals surface area contributed by atoms with Gasteiger partial charge >= 0.3 is 0 Å². The van der Waals surface area contributed by atoms with Crippen LogP contribution in [0.1, 0.15) is 25.3 Å². The first kappa shape index (κ1) is 12.4. The maximum absolute atomic E-state index is 13.5. The predicted molar refractivity (Wildman–Crippen MR) is 79.9 cm³/mol. The SMILES string of the molecule is CCC[CH]c1c(-c2ccsc2)[nH]c2ccc(F)cc12. The molecular weight excluding hydrogens is 257 g/mol. The van der Waals surface area contributed by atoms with Gasteiger partial charge in [-0.1, -0.05) is 13.3 Å². The zero-order valence-corrected chi connectivity index (χ0v) is 11.6. The summed E-state index contributed by atoms with van der Waals surface area (Å²) < 4.78 is 13.5. The molecule has 0 fully saturated rings. The van der Waals surface area contributed by atoms with Crippen LogP contribution >= 0.6 is 11.3 Å². The van der Waals surface area contributed by atoms with E-state index in [9.17, 15) is 4.39 Å². The molecule has 1 N–H and O–H groups in total. The summed E-state index contributed by atoms with van der Waals surface area (Å²) in [6.45, 7) is 2.15. The fourth-order valence-electron chi connectivity index (χ4n) is 2.32. The second-order valence-electron chi connectivity index (χ2n) is 4.61. The van der Waals surface area contributed by atoms with E-state index >= 15 is 0 Å². The first-order chi connectivity index (χ1) is 9.29. The van der Waals surface area contributed by atoms with Gasteiger partial charge in [-0.3, -0.25) is 0 Å². The van der Waals surface area contributed by atoms with Gasteiger partial charge < -0.3 is 4.98 Å². The van der Waals surface area contributed by atoms with Gasteiger partial charge in [0, 0.05) is 21.8 Å². The number of thiophene rings is 1. The third-order valence-corrected chi connectivity index (χ3v) is 3.93. The second kappa shape index (κ2) is 5.17. The average Bonchev–Trinajstić information content (AvgIpc) is 3.03. The van der Waals surface area contributed by atoms with Crippen LogP contribution in [0.2, 0.25) is 0 Å². The molecular formula is C16H15FNS. The van der Waals surface area contributed by atoms with Crippen molar-refractivity contribution < 1.29 is 4.39 Å². The van der Waals surface area contributed by atoms with Crippen molar-refractivity contribution in [2.45, 2.75) is 19.8 Å². The summed E-state index contributed by atoms with van der Waals surface area (Å²) in [5, 5.41) is 5.14. The Labute approximate surface area is 116 Å². The molecule has 2 aromatic heterocycles. The monoisotopic (exact) mass is 272 g/mol. The molecule has 0 atom stereocenters. The normalized spacial score (nSPS) is 11.3. The number of aromatic nitrogens is 1. The van der Waals surface area contributed by atoms with Gasteiger partial charge in [0.05, 0.1) is 5.69 Å². The van der Waals surface area contributed by atoms with E-state index in [1.807, 2.05) is 6.07 Å². The lowest BCUT2D eigenvalue weighted by Crippen LogP contribution is -1.84. The Morgan fingerprint density at radius 2 is 2.21 bits per heavy atom. The molecule has 2 heterocycles. The molecule has 0 aliphatic rings. The fraction of sp³-hybridized carbons (Fsp3) is 0.188. The molecule has 19 heavy (non-hydrogen) atoms. The van der Waals surface area contributed by atoms with Crippen molar-refractivity contribution in [2.24, 2.45) is 0 Å². The zero-order valence-electron chi connectivity index (χ0n) is 10.7. The molecule has 0 bridgehead atoms. The third kappa shape index (κ3) is 2.30. The molecule has 0 saturated carbocycles. The van der Waals surface area contributed by atoms with Gasteiger partial charge in [-0.05, 0) is 48.1 Å². The zero-order chi connectivity index (χ0) is 13.2. The fourth-order valence-corrected chi connectivity index (χ4v) is 2.97. The molecule has 0 aliphatic heterocycles. The summed E-state index contributed by atoms with van der Waals surface area (Å²) in [6, 6.07) is 7.02. The summed E-state index contributed by atoms with van der Waals surface area (Å²) in [6.07, 6.45) is 4.29. The smallest absolute Gasteiger partial charge is 0.123 e. The number of halogens is 1. The van der Waals surface area contributed by atoms with E-state index in [1.54, 1.807) is 17.4 Å². The summed E-state index contributed by atoms with van der Waals surface area (Å²) in [5.74, 6) is -0.186. The van der Waals surface area contributed by atoms with Gasteiger partial charge in [-0.25, -0.2) is 4.39 Å². The van der Waals surface area contributed by atoms with E-state index in [4.69, 9.17) is 0 Å². The van der Waals surface area contributed by atoms with Crippen LogP contribution < -0.4 is 0 Å². The number of H-pyrrole nitrogens is 1. The van der Waals surface area contributed by atoms with Crippen molar-refractivity contribution in [1.82, 2.24) is 4.98 Å². The Balaban J connectivity index is 2.19. The topological polar surface area (TPSA) is 15.8 Å². The van der Waals surface area contributed by atoms with Crippen LogP contribution in [0.4, 0.5) is 4.39 Å². The molecule has 97 valence electrons. The quantitative estimate of drug-likeness (QED) is 0.655. The van der Waals surface area contributed by atoms with Crippen LogP contribution in [-0.2, 0) is 0 Å². The molecule has 1 nitrogen and oxygen atoms in total. The van der Waals surface area contributed by atoms with Crippen LogP contribution in [0.5, 0.6) is 0 Å². The Hall–Kier alpha value is -1.61. The second-order valence-corrected chi connectivity index (χ2v) is 5.39. The number of benzene rings is 1. The van der Waals surface area contributed by atoms with E-state index < -0.39 is 0 Å². The molecule has 0 amide bonds. The lowest BCUT2D eigenvalue weighted by molar-refractivity contribution is 0.629. The minimum atomic E-state index is -0.186. The molecule has 1 aromatic carbocycles. The van der Waals surface area contributed by atoms with E-state index in [2.05, 4.69) is 35.2 Å². The van der Waals surface area contributed by atoms with Gasteiger partial charge in [-0.15, -0.1) is 0 Å². The molecule has 0 aliphatic carbocycles. The van der Waals surface area contributed by atoms with E-state index in [-0.39, 0.29) is 5.82 Å². The Morgan fingerprint density at radius 3 is 2.95 bits per heavy atom. The summed E-state index contributed by atoms with van der Waals surface area (Å²) >= 11 is 1.67. The predicted octanol–water partition coefficient (Wildman–Crippen LogP) is 5.39. The maximum atomic E-state index is 13.5. The number of rotatable bonds is 4. The van der Waals surface area contributed by atoms with Crippen LogP contribution in [0.3, 0.4) is 0 Å². The first-order valence-corrected chi connectivity index (χ1v) is 7.41. The number of hydrogen-bond acceptors (Lipinski definition) is 1. The van der Waals surface area contributed by atoms with Crippen LogP contribution in [0.25, 0.3) is 22.2 Å². The van der Waals surface area contributed by atoms with Crippen molar-refractivity contribution >= 4 is 22.2 Å². The van der Waals surface area contributed by atoms with E-state index in [1.165, 1.54) is 11.6 Å². The summed E-state index contributed by atoms with van der Waals surface area (Å²) in [5.41, 5.74) is 4.37. The number of unbranched alkanes of at least 4 members (excludes halogenated alkanes) is 1. The molecule has 1 radical (unpaired) electrons. The van der Waals surface area contributed by atoms with Gasteiger partial charge in [0.2, 0.25) is 0 Å². The van der Waals surface area contributed by atoms with E-state index in [0.29, 0.717) is 0 Å². The summed E-state index contributed by atoms with van der Waals surface area (Å²) in [4.78, 5) is 3.41. The number of aromatic amines is 1. The molecule has 3 rings (SSSR count).